The first-order chi connectivity index (χ1) is 15.1. The van der Waals surface area contributed by atoms with E-state index >= 15 is 0 Å². The van der Waals surface area contributed by atoms with Crippen molar-refractivity contribution < 1.29 is 24.3 Å². The standard InChI is InChI=1S/C20H31N7O5/c21-13(11-12-5-2-1-3-6-12)17(29)26-14(7-4-10-25-20(23)24)18(30)27-15(19(31)32)8-9-16(22)28/h1-3,5-6,13-15H,4,7-11,21H2,(H2,22,28)(H,26,29)(H,27,30)(H,31,32)(H4,23,24,25)/t13-,14-,15-/m0/s1. The lowest BCUT2D eigenvalue weighted by Crippen LogP contribution is -2.54. The molecule has 1 aromatic carbocycles. The summed E-state index contributed by atoms with van der Waals surface area (Å²) in [7, 11) is 0. The number of rotatable bonds is 14. The summed E-state index contributed by atoms with van der Waals surface area (Å²) in [5.74, 6) is -3.44. The minimum Gasteiger partial charge on any atom is -0.480 e. The van der Waals surface area contributed by atoms with Crippen molar-refractivity contribution in [3.05, 3.63) is 35.9 Å². The van der Waals surface area contributed by atoms with E-state index in [1.54, 1.807) is 0 Å². The highest BCUT2D eigenvalue weighted by Crippen LogP contribution is 2.06. The Morgan fingerprint density at radius 1 is 0.938 bits per heavy atom. The van der Waals surface area contributed by atoms with Crippen LogP contribution in [0, 0.1) is 0 Å². The monoisotopic (exact) mass is 449 g/mol. The van der Waals surface area contributed by atoms with Crippen LogP contribution in [-0.2, 0) is 25.6 Å². The molecule has 0 unspecified atom stereocenters. The third-order valence-corrected chi connectivity index (χ3v) is 4.51. The van der Waals surface area contributed by atoms with Crippen molar-refractivity contribution in [2.45, 2.75) is 50.2 Å². The third-order valence-electron chi connectivity index (χ3n) is 4.51. The number of nitrogens with two attached hydrogens (primary N) is 4. The Bertz CT molecular complexity index is 812. The number of hydrogen-bond acceptors (Lipinski definition) is 6. The molecule has 0 radical (unpaired) electrons. The van der Waals surface area contributed by atoms with Crippen LogP contribution < -0.4 is 33.6 Å². The van der Waals surface area contributed by atoms with E-state index in [0.29, 0.717) is 6.42 Å². The van der Waals surface area contributed by atoms with Crippen LogP contribution in [-0.4, -0.2) is 59.4 Å². The molecule has 0 saturated carbocycles. The van der Waals surface area contributed by atoms with Gasteiger partial charge in [-0.25, -0.2) is 4.79 Å². The molecule has 0 saturated heterocycles. The summed E-state index contributed by atoms with van der Waals surface area (Å²) in [6.45, 7) is 0.210. The van der Waals surface area contributed by atoms with Crippen molar-refractivity contribution in [2.24, 2.45) is 27.9 Å². The Kier molecular flexibility index (Phi) is 11.2. The number of carboxylic acid groups (broad SMARTS) is 1. The van der Waals surface area contributed by atoms with Crippen LogP contribution in [0.25, 0.3) is 0 Å². The second kappa shape index (κ2) is 13.6. The molecular formula is C20H31N7O5. The van der Waals surface area contributed by atoms with E-state index in [9.17, 15) is 24.3 Å². The molecule has 12 heteroatoms. The molecule has 0 spiro atoms. The minimum atomic E-state index is -1.34. The summed E-state index contributed by atoms with van der Waals surface area (Å²) in [4.78, 5) is 51.5. The Labute approximate surface area is 185 Å². The summed E-state index contributed by atoms with van der Waals surface area (Å²) in [5.41, 5.74) is 22.4. The average molecular weight is 450 g/mol. The quantitative estimate of drug-likeness (QED) is 0.0945. The van der Waals surface area contributed by atoms with E-state index in [0.717, 1.165) is 5.56 Å². The second-order valence-electron chi connectivity index (χ2n) is 7.21. The van der Waals surface area contributed by atoms with E-state index < -0.39 is 41.8 Å². The molecule has 11 N–H and O–H groups in total. The highest BCUT2D eigenvalue weighted by atomic mass is 16.4. The predicted molar refractivity (Wildman–Crippen MR) is 118 cm³/mol. The first-order valence-corrected chi connectivity index (χ1v) is 10.1. The molecule has 0 fully saturated rings. The smallest absolute Gasteiger partial charge is 0.326 e. The topological polar surface area (TPSA) is 229 Å². The highest BCUT2D eigenvalue weighted by molar-refractivity contribution is 5.92. The van der Waals surface area contributed by atoms with Gasteiger partial charge in [0.2, 0.25) is 17.7 Å². The van der Waals surface area contributed by atoms with Crippen molar-refractivity contribution in [3.8, 4) is 0 Å². The van der Waals surface area contributed by atoms with Gasteiger partial charge in [0, 0.05) is 13.0 Å². The van der Waals surface area contributed by atoms with Crippen LogP contribution in [0.5, 0.6) is 0 Å². The number of benzene rings is 1. The molecular weight excluding hydrogens is 418 g/mol. The van der Waals surface area contributed by atoms with Crippen molar-refractivity contribution in [1.82, 2.24) is 10.6 Å². The number of amides is 3. The molecule has 0 heterocycles. The Morgan fingerprint density at radius 3 is 2.12 bits per heavy atom. The van der Waals surface area contributed by atoms with Crippen LogP contribution in [0.1, 0.15) is 31.2 Å². The number of aliphatic carboxylic acids is 1. The second-order valence-corrected chi connectivity index (χ2v) is 7.21. The molecule has 0 bridgehead atoms. The molecule has 0 aliphatic heterocycles. The van der Waals surface area contributed by atoms with Crippen molar-refractivity contribution in [2.75, 3.05) is 6.54 Å². The molecule has 3 amide bonds. The van der Waals surface area contributed by atoms with Crippen LogP contribution in [0.2, 0.25) is 0 Å². The fraction of sp³-hybridized carbons (Fsp3) is 0.450. The zero-order chi connectivity index (χ0) is 24.1. The van der Waals surface area contributed by atoms with Gasteiger partial charge in [-0.15, -0.1) is 0 Å². The van der Waals surface area contributed by atoms with E-state index in [4.69, 9.17) is 22.9 Å². The lowest BCUT2D eigenvalue weighted by Gasteiger charge is -2.23. The number of carbonyl (C=O) groups is 4. The number of nitrogens with zero attached hydrogens (tertiary/aromatic N) is 1. The van der Waals surface area contributed by atoms with Gasteiger partial charge < -0.3 is 38.7 Å². The number of carboxylic acids is 1. The molecule has 1 aromatic rings. The summed E-state index contributed by atoms with van der Waals surface area (Å²) in [6.07, 6.45) is 0.322. The van der Waals surface area contributed by atoms with Crippen molar-refractivity contribution in [1.29, 1.82) is 0 Å². The SMILES string of the molecule is NC(=O)CC[C@H](NC(=O)[C@H](CCCN=C(N)N)NC(=O)[C@@H](N)Cc1ccccc1)C(=O)O. The van der Waals surface area contributed by atoms with E-state index in [1.165, 1.54) is 0 Å². The number of aliphatic imine (C=N–C) groups is 1. The molecule has 176 valence electrons. The van der Waals surface area contributed by atoms with Gasteiger partial charge in [-0.1, -0.05) is 30.3 Å². The van der Waals surface area contributed by atoms with Gasteiger partial charge in [0.25, 0.3) is 0 Å². The van der Waals surface area contributed by atoms with Gasteiger partial charge in [-0.3, -0.25) is 19.4 Å². The first kappa shape index (κ1) is 26.4. The first-order valence-electron chi connectivity index (χ1n) is 10.1. The van der Waals surface area contributed by atoms with Gasteiger partial charge >= 0.3 is 5.97 Å². The maximum atomic E-state index is 12.7. The van der Waals surface area contributed by atoms with Crippen LogP contribution in [0.4, 0.5) is 0 Å². The molecule has 0 aliphatic carbocycles. The van der Waals surface area contributed by atoms with Crippen molar-refractivity contribution >= 4 is 29.7 Å². The van der Waals surface area contributed by atoms with Gasteiger partial charge in [0.15, 0.2) is 5.96 Å². The molecule has 3 atom stereocenters. The van der Waals surface area contributed by atoms with Crippen LogP contribution >= 0.6 is 0 Å². The molecule has 12 nitrogen and oxygen atoms in total. The zero-order valence-corrected chi connectivity index (χ0v) is 17.7. The summed E-state index contributed by atoms with van der Waals surface area (Å²) >= 11 is 0. The maximum Gasteiger partial charge on any atom is 0.326 e. The van der Waals surface area contributed by atoms with Crippen LogP contribution in [0.15, 0.2) is 35.3 Å². The molecule has 32 heavy (non-hydrogen) atoms. The Hall–Kier alpha value is -3.67. The summed E-state index contributed by atoms with van der Waals surface area (Å²) < 4.78 is 0. The molecule has 0 aliphatic rings. The molecule has 1 rings (SSSR count). The molecule has 0 aromatic heterocycles. The van der Waals surface area contributed by atoms with Gasteiger partial charge in [0.05, 0.1) is 6.04 Å². The largest absolute Gasteiger partial charge is 0.480 e. The van der Waals surface area contributed by atoms with Gasteiger partial charge in [-0.2, -0.15) is 0 Å². The predicted octanol–water partition coefficient (Wildman–Crippen LogP) is -2.07. The number of hydrogen-bond donors (Lipinski definition) is 7. The number of nitrogens with one attached hydrogen (secondary N) is 2. The van der Waals surface area contributed by atoms with E-state index in [1.807, 2.05) is 30.3 Å². The van der Waals surface area contributed by atoms with Gasteiger partial charge in [0.1, 0.15) is 12.1 Å². The van der Waals surface area contributed by atoms with E-state index in [-0.39, 0.29) is 38.2 Å². The van der Waals surface area contributed by atoms with Crippen molar-refractivity contribution in [3.63, 3.8) is 0 Å². The van der Waals surface area contributed by atoms with E-state index in [2.05, 4.69) is 15.6 Å². The highest BCUT2D eigenvalue weighted by Gasteiger charge is 2.28. The summed E-state index contributed by atoms with van der Waals surface area (Å²) in [6, 6.07) is 5.78. The van der Waals surface area contributed by atoms with Gasteiger partial charge in [-0.05, 0) is 31.2 Å². The normalized spacial score (nSPS) is 13.3. The lowest BCUT2D eigenvalue weighted by molar-refractivity contribution is -0.142. The number of guanidine groups is 1. The average Bonchev–Trinajstić information content (AvgIpc) is 2.73. The fourth-order valence-electron chi connectivity index (χ4n) is 2.83. The lowest BCUT2D eigenvalue weighted by atomic mass is 10.0. The number of carbonyl (C=O) groups excluding carboxylic acids is 3. The zero-order valence-electron chi connectivity index (χ0n) is 17.7. The Balaban J connectivity index is 2.83. The summed E-state index contributed by atoms with van der Waals surface area (Å²) in [5, 5.41) is 14.2. The fourth-order valence-corrected chi connectivity index (χ4v) is 2.83. The maximum absolute atomic E-state index is 12.7. The minimum absolute atomic E-state index is 0.114. The Morgan fingerprint density at radius 2 is 1.56 bits per heavy atom. The third kappa shape index (κ3) is 10.4. The number of primary amides is 1. The van der Waals surface area contributed by atoms with Crippen LogP contribution in [0.3, 0.4) is 0 Å².